The van der Waals surface area contributed by atoms with Crippen molar-refractivity contribution in [1.82, 2.24) is 10.2 Å². The Bertz CT molecular complexity index is 411. The molecule has 1 fully saturated rings. The van der Waals surface area contributed by atoms with Crippen LogP contribution in [-0.2, 0) is 0 Å². The fourth-order valence-electron chi connectivity index (χ4n) is 2.41. The summed E-state index contributed by atoms with van der Waals surface area (Å²) >= 11 is 1.55. The van der Waals surface area contributed by atoms with E-state index < -0.39 is 0 Å². The molecule has 0 atom stereocenters. The number of aliphatic hydroxyl groups is 1. The molecule has 4 nitrogen and oxygen atoms in total. The summed E-state index contributed by atoms with van der Waals surface area (Å²) in [5.74, 6) is 0.0620. The van der Waals surface area contributed by atoms with E-state index in [1.165, 1.54) is 4.88 Å². The number of thiophene rings is 1. The molecule has 1 aromatic rings. The predicted molar refractivity (Wildman–Crippen MR) is 77.7 cm³/mol. The summed E-state index contributed by atoms with van der Waals surface area (Å²) in [5, 5.41) is 11.9. The van der Waals surface area contributed by atoms with E-state index in [2.05, 4.69) is 10.2 Å². The first kappa shape index (κ1) is 14.5. The lowest BCUT2D eigenvalue weighted by Gasteiger charge is -2.32. The van der Waals surface area contributed by atoms with Crippen molar-refractivity contribution < 1.29 is 9.90 Å². The number of likely N-dealkylation sites (tertiary alicyclic amines) is 1. The Morgan fingerprint density at radius 2 is 2.21 bits per heavy atom. The zero-order valence-corrected chi connectivity index (χ0v) is 12.2. The first-order chi connectivity index (χ1) is 9.19. The van der Waals surface area contributed by atoms with Crippen LogP contribution in [0, 0.1) is 6.92 Å². The monoisotopic (exact) mass is 282 g/mol. The van der Waals surface area contributed by atoms with Crippen LogP contribution in [-0.4, -0.2) is 48.2 Å². The summed E-state index contributed by atoms with van der Waals surface area (Å²) in [6.07, 6.45) is 2.84. The van der Waals surface area contributed by atoms with Crippen LogP contribution in [0.25, 0.3) is 0 Å². The normalized spacial score (nSPS) is 17.6. The zero-order chi connectivity index (χ0) is 13.7. The molecule has 0 aromatic carbocycles. The van der Waals surface area contributed by atoms with Crippen LogP contribution in [0.1, 0.15) is 33.8 Å². The standard InChI is InChI=1S/C14H22N2O2S/c1-11-3-4-13(19-11)14(18)15-12-5-8-16(9-6-12)7-2-10-17/h3-4,12,17H,2,5-10H2,1H3,(H,15,18). The molecule has 0 spiro atoms. The van der Waals surface area contributed by atoms with Crippen LogP contribution < -0.4 is 5.32 Å². The Balaban J connectivity index is 1.75. The van der Waals surface area contributed by atoms with Crippen molar-refractivity contribution in [1.29, 1.82) is 0 Å². The number of nitrogens with zero attached hydrogens (tertiary/aromatic N) is 1. The first-order valence-electron chi connectivity index (χ1n) is 6.89. The zero-order valence-electron chi connectivity index (χ0n) is 11.4. The lowest BCUT2D eigenvalue weighted by molar-refractivity contribution is 0.0913. The number of aryl methyl sites for hydroxylation is 1. The number of amides is 1. The van der Waals surface area contributed by atoms with Gasteiger partial charge in [-0.2, -0.15) is 0 Å². The number of hydrogen-bond donors (Lipinski definition) is 2. The van der Waals surface area contributed by atoms with Crippen molar-refractivity contribution in [2.24, 2.45) is 0 Å². The van der Waals surface area contributed by atoms with Gasteiger partial charge in [0.05, 0.1) is 4.88 Å². The third-order valence-electron chi connectivity index (χ3n) is 3.52. The van der Waals surface area contributed by atoms with E-state index >= 15 is 0 Å². The molecule has 1 aromatic heterocycles. The van der Waals surface area contributed by atoms with Gasteiger partial charge in [0, 0.05) is 37.2 Å². The molecular formula is C14H22N2O2S. The number of carbonyl (C=O) groups excluding carboxylic acids is 1. The van der Waals surface area contributed by atoms with Crippen LogP contribution >= 0.6 is 11.3 Å². The molecule has 0 radical (unpaired) electrons. The molecule has 0 aliphatic carbocycles. The largest absolute Gasteiger partial charge is 0.396 e. The molecule has 19 heavy (non-hydrogen) atoms. The highest BCUT2D eigenvalue weighted by molar-refractivity contribution is 7.13. The summed E-state index contributed by atoms with van der Waals surface area (Å²) in [7, 11) is 0. The van der Waals surface area contributed by atoms with Crippen LogP contribution in [0.15, 0.2) is 12.1 Å². The van der Waals surface area contributed by atoms with Gasteiger partial charge in [0.1, 0.15) is 0 Å². The Kier molecular flexibility index (Phi) is 5.36. The third-order valence-corrected chi connectivity index (χ3v) is 4.52. The molecule has 5 heteroatoms. The molecule has 1 aliphatic rings. The van der Waals surface area contributed by atoms with E-state index in [4.69, 9.17) is 5.11 Å². The molecule has 2 heterocycles. The molecule has 0 bridgehead atoms. The highest BCUT2D eigenvalue weighted by Crippen LogP contribution is 2.16. The van der Waals surface area contributed by atoms with E-state index in [-0.39, 0.29) is 12.5 Å². The summed E-state index contributed by atoms with van der Waals surface area (Å²) in [5.41, 5.74) is 0. The minimum Gasteiger partial charge on any atom is -0.396 e. The maximum absolute atomic E-state index is 12.0. The minimum atomic E-state index is 0.0620. The van der Waals surface area contributed by atoms with Gasteiger partial charge in [-0.05, 0) is 38.3 Å². The second-order valence-corrected chi connectivity index (χ2v) is 6.36. The first-order valence-corrected chi connectivity index (χ1v) is 7.71. The summed E-state index contributed by atoms with van der Waals surface area (Å²) in [4.78, 5) is 16.4. The number of carbonyl (C=O) groups is 1. The molecule has 2 N–H and O–H groups in total. The minimum absolute atomic E-state index is 0.0620. The van der Waals surface area contributed by atoms with Crippen LogP contribution in [0.3, 0.4) is 0 Å². The predicted octanol–water partition coefficient (Wildman–Crippen LogP) is 1.63. The van der Waals surface area contributed by atoms with Crippen molar-refractivity contribution >= 4 is 17.2 Å². The van der Waals surface area contributed by atoms with Gasteiger partial charge in [-0.15, -0.1) is 11.3 Å². The van der Waals surface area contributed by atoms with Gasteiger partial charge in [0.25, 0.3) is 5.91 Å². The number of piperidine rings is 1. The Morgan fingerprint density at radius 1 is 1.47 bits per heavy atom. The second-order valence-electron chi connectivity index (χ2n) is 5.08. The fourth-order valence-corrected chi connectivity index (χ4v) is 3.18. The van der Waals surface area contributed by atoms with Crippen molar-refractivity contribution in [2.75, 3.05) is 26.2 Å². The average Bonchev–Trinajstić information content (AvgIpc) is 2.85. The van der Waals surface area contributed by atoms with E-state index in [1.807, 2.05) is 19.1 Å². The second kappa shape index (κ2) is 7.03. The maximum atomic E-state index is 12.0. The van der Waals surface area contributed by atoms with Crippen molar-refractivity contribution in [3.63, 3.8) is 0 Å². The van der Waals surface area contributed by atoms with Gasteiger partial charge in [0.15, 0.2) is 0 Å². The number of rotatable bonds is 5. The summed E-state index contributed by atoms with van der Waals surface area (Å²) in [6, 6.07) is 4.17. The smallest absolute Gasteiger partial charge is 0.261 e. The highest BCUT2D eigenvalue weighted by atomic mass is 32.1. The van der Waals surface area contributed by atoms with Gasteiger partial charge >= 0.3 is 0 Å². The quantitative estimate of drug-likeness (QED) is 0.863. The van der Waals surface area contributed by atoms with Gasteiger partial charge in [0.2, 0.25) is 0 Å². The SMILES string of the molecule is Cc1ccc(C(=O)NC2CCN(CCCO)CC2)s1. The van der Waals surface area contributed by atoms with E-state index in [0.717, 1.165) is 43.8 Å². The lowest BCUT2D eigenvalue weighted by Crippen LogP contribution is -2.44. The Morgan fingerprint density at radius 3 is 2.79 bits per heavy atom. The van der Waals surface area contributed by atoms with Gasteiger partial charge in [-0.3, -0.25) is 4.79 Å². The Hall–Kier alpha value is -0.910. The molecule has 0 unspecified atom stereocenters. The number of aliphatic hydroxyl groups excluding tert-OH is 1. The van der Waals surface area contributed by atoms with E-state index in [1.54, 1.807) is 11.3 Å². The highest BCUT2D eigenvalue weighted by Gasteiger charge is 2.21. The summed E-state index contributed by atoms with van der Waals surface area (Å²) in [6.45, 7) is 5.25. The van der Waals surface area contributed by atoms with Crippen LogP contribution in [0.4, 0.5) is 0 Å². The maximum Gasteiger partial charge on any atom is 0.261 e. The van der Waals surface area contributed by atoms with Crippen LogP contribution in [0.2, 0.25) is 0 Å². The van der Waals surface area contributed by atoms with Gasteiger partial charge < -0.3 is 15.3 Å². The molecule has 1 amide bonds. The third kappa shape index (κ3) is 4.30. The average molecular weight is 282 g/mol. The molecule has 106 valence electrons. The van der Waals surface area contributed by atoms with Crippen molar-refractivity contribution in [3.8, 4) is 0 Å². The van der Waals surface area contributed by atoms with E-state index in [0.29, 0.717) is 6.04 Å². The van der Waals surface area contributed by atoms with Crippen molar-refractivity contribution in [3.05, 3.63) is 21.9 Å². The van der Waals surface area contributed by atoms with E-state index in [9.17, 15) is 4.79 Å². The van der Waals surface area contributed by atoms with Gasteiger partial charge in [-0.25, -0.2) is 0 Å². The number of hydrogen-bond acceptors (Lipinski definition) is 4. The van der Waals surface area contributed by atoms with Crippen LogP contribution in [0.5, 0.6) is 0 Å². The molecule has 1 aliphatic heterocycles. The Labute approximate surface area is 118 Å². The molecule has 0 saturated carbocycles. The number of nitrogens with one attached hydrogen (secondary N) is 1. The summed E-state index contributed by atoms with van der Waals surface area (Å²) < 4.78 is 0. The van der Waals surface area contributed by atoms with Crippen molar-refractivity contribution in [2.45, 2.75) is 32.2 Å². The molecule has 1 saturated heterocycles. The molecule has 2 rings (SSSR count). The lowest BCUT2D eigenvalue weighted by atomic mass is 10.0. The van der Waals surface area contributed by atoms with Gasteiger partial charge in [-0.1, -0.05) is 0 Å². The topological polar surface area (TPSA) is 52.6 Å². The molecular weight excluding hydrogens is 260 g/mol. The fraction of sp³-hybridized carbons (Fsp3) is 0.643.